The molecular formula is C18H24F2IN5. The highest BCUT2D eigenvalue weighted by atomic mass is 127. The van der Waals surface area contributed by atoms with Gasteiger partial charge in [0.15, 0.2) is 5.96 Å². The van der Waals surface area contributed by atoms with Gasteiger partial charge >= 0.3 is 0 Å². The van der Waals surface area contributed by atoms with E-state index in [1.54, 1.807) is 7.05 Å². The third kappa shape index (κ3) is 5.15. The Labute approximate surface area is 169 Å². The second-order valence-electron chi connectivity index (χ2n) is 6.46. The first-order chi connectivity index (χ1) is 12.0. The number of nitrogens with one attached hydrogen (secondary N) is 1. The number of aromatic nitrogens is 2. The third-order valence-electron chi connectivity index (χ3n) is 4.52. The summed E-state index contributed by atoms with van der Waals surface area (Å²) in [6.45, 7) is 2.00. The summed E-state index contributed by atoms with van der Waals surface area (Å²) in [4.78, 5) is 6.45. The van der Waals surface area contributed by atoms with Crippen molar-refractivity contribution in [3.8, 4) is 0 Å². The maximum atomic E-state index is 13.7. The predicted molar refractivity (Wildman–Crippen MR) is 109 cm³/mol. The molecule has 8 heteroatoms. The number of aryl methyl sites for hydroxylation is 1. The summed E-state index contributed by atoms with van der Waals surface area (Å²) in [5.41, 5.74) is 1.53. The van der Waals surface area contributed by atoms with Crippen LogP contribution < -0.4 is 5.32 Å². The zero-order chi connectivity index (χ0) is 17.8. The molecule has 0 amide bonds. The minimum absolute atomic E-state index is 0. The first-order valence-electron chi connectivity index (χ1n) is 8.42. The summed E-state index contributed by atoms with van der Waals surface area (Å²) in [6, 6.07) is 3.48. The molecule has 1 aromatic heterocycles. The number of nitrogens with zero attached hydrogens (tertiary/aromatic N) is 4. The molecule has 1 aliphatic heterocycles. The summed E-state index contributed by atoms with van der Waals surface area (Å²) in [6.07, 6.45) is 6.01. The largest absolute Gasteiger partial charge is 0.352 e. The summed E-state index contributed by atoms with van der Waals surface area (Å²) in [5, 5.41) is 7.35. The number of aliphatic imine (C=N–C) groups is 1. The summed E-state index contributed by atoms with van der Waals surface area (Å²) in [7, 11) is 3.63. The molecule has 26 heavy (non-hydrogen) atoms. The van der Waals surface area contributed by atoms with E-state index in [0.29, 0.717) is 11.5 Å². The topological polar surface area (TPSA) is 45.5 Å². The van der Waals surface area contributed by atoms with E-state index in [0.717, 1.165) is 44.0 Å². The van der Waals surface area contributed by atoms with E-state index in [1.165, 1.54) is 11.6 Å². The summed E-state index contributed by atoms with van der Waals surface area (Å²) >= 11 is 0. The molecule has 0 spiro atoms. The average Bonchev–Trinajstić information content (AvgIpc) is 3.21. The van der Waals surface area contributed by atoms with Crippen molar-refractivity contribution in [2.24, 2.45) is 18.0 Å². The van der Waals surface area contributed by atoms with Gasteiger partial charge in [-0.1, -0.05) is 0 Å². The van der Waals surface area contributed by atoms with Crippen LogP contribution in [-0.4, -0.2) is 40.8 Å². The molecule has 0 radical (unpaired) electrons. The van der Waals surface area contributed by atoms with E-state index in [4.69, 9.17) is 0 Å². The van der Waals surface area contributed by atoms with E-state index in [9.17, 15) is 8.78 Å². The Morgan fingerprint density at radius 3 is 2.88 bits per heavy atom. The highest BCUT2D eigenvalue weighted by molar-refractivity contribution is 14.0. The van der Waals surface area contributed by atoms with Gasteiger partial charge in [-0.15, -0.1) is 24.0 Å². The number of hydrogen-bond donors (Lipinski definition) is 1. The minimum Gasteiger partial charge on any atom is -0.352 e. The van der Waals surface area contributed by atoms with Crippen molar-refractivity contribution in [2.75, 3.05) is 20.1 Å². The van der Waals surface area contributed by atoms with Crippen molar-refractivity contribution in [1.29, 1.82) is 0 Å². The van der Waals surface area contributed by atoms with Gasteiger partial charge in [-0.3, -0.25) is 9.67 Å². The van der Waals surface area contributed by atoms with Crippen LogP contribution in [0.25, 0.3) is 0 Å². The van der Waals surface area contributed by atoms with Crippen molar-refractivity contribution in [1.82, 2.24) is 20.0 Å². The number of likely N-dealkylation sites (tertiary alicyclic amines) is 1. The lowest BCUT2D eigenvalue weighted by Gasteiger charge is -2.22. The minimum atomic E-state index is -0.439. The standard InChI is InChI=1S/C18H23F2N5.HI/c1-21-18(22-10-15-8-16(19)3-4-17(15)20)25-6-5-13(12-25)7-14-9-23-24(2)11-14;/h3-4,8-9,11,13H,5-7,10,12H2,1-2H3,(H,21,22);1H. The Morgan fingerprint density at radius 2 is 2.19 bits per heavy atom. The maximum Gasteiger partial charge on any atom is 0.193 e. The van der Waals surface area contributed by atoms with E-state index in [-0.39, 0.29) is 30.5 Å². The predicted octanol–water partition coefficient (Wildman–Crippen LogP) is 2.96. The van der Waals surface area contributed by atoms with Gasteiger partial charge in [0.2, 0.25) is 0 Å². The molecular weight excluding hydrogens is 451 g/mol. The number of guanidine groups is 1. The van der Waals surface area contributed by atoms with Crippen LogP contribution in [0.5, 0.6) is 0 Å². The monoisotopic (exact) mass is 475 g/mol. The number of rotatable bonds is 4. The molecule has 1 unspecified atom stereocenters. The number of halogens is 3. The molecule has 5 nitrogen and oxygen atoms in total. The van der Waals surface area contributed by atoms with Crippen molar-refractivity contribution in [2.45, 2.75) is 19.4 Å². The SMILES string of the molecule is CN=C(NCc1cc(F)ccc1F)N1CCC(Cc2cnn(C)c2)C1.I. The van der Waals surface area contributed by atoms with E-state index in [2.05, 4.69) is 20.3 Å². The van der Waals surface area contributed by atoms with Gasteiger partial charge in [-0.25, -0.2) is 8.78 Å². The van der Waals surface area contributed by atoms with Gasteiger partial charge in [-0.05, 0) is 42.5 Å². The maximum absolute atomic E-state index is 13.7. The summed E-state index contributed by atoms with van der Waals surface area (Å²) < 4.78 is 28.8. The van der Waals surface area contributed by atoms with Gasteiger partial charge in [0.1, 0.15) is 11.6 Å². The Morgan fingerprint density at radius 1 is 1.38 bits per heavy atom. The van der Waals surface area contributed by atoms with Crippen molar-refractivity contribution < 1.29 is 8.78 Å². The normalized spacial score (nSPS) is 17.3. The number of hydrogen-bond acceptors (Lipinski definition) is 2. The highest BCUT2D eigenvalue weighted by Gasteiger charge is 2.25. The summed E-state index contributed by atoms with van der Waals surface area (Å²) in [5.74, 6) is 0.400. The lowest BCUT2D eigenvalue weighted by molar-refractivity contribution is 0.458. The van der Waals surface area contributed by atoms with Crippen molar-refractivity contribution >= 4 is 29.9 Å². The second kappa shape index (κ2) is 9.29. The van der Waals surface area contributed by atoms with Crippen LogP contribution in [0.3, 0.4) is 0 Å². The first-order valence-corrected chi connectivity index (χ1v) is 8.42. The Hall–Kier alpha value is -1.71. The van der Waals surface area contributed by atoms with Crippen LogP contribution in [0.2, 0.25) is 0 Å². The van der Waals surface area contributed by atoms with Crippen LogP contribution in [0.15, 0.2) is 35.6 Å². The van der Waals surface area contributed by atoms with Gasteiger partial charge in [0.25, 0.3) is 0 Å². The number of benzene rings is 1. The molecule has 1 aromatic carbocycles. The molecule has 1 fully saturated rings. The Bertz CT molecular complexity index is 762. The molecule has 2 heterocycles. The zero-order valence-corrected chi connectivity index (χ0v) is 17.3. The lowest BCUT2D eigenvalue weighted by Crippen LogP contribution is -2.39. The average molecular weight is 475 g/mol. The molecule has 3 rings (SSSR count). The van der Waals surface area contributed by atoms with E-state index in [1.807, 2.05) is 24.1 Å². The van der Waals surface area contributed by atoms with Gasteiger partial charge in [0.05, 0.1) is 6.20 Å². The van der Waals surface area contributed by atoms with Crippen LogP contribution in [0.4, 0.5) is 8.78 Å². The molecule has 0 bridgehead atoms. The first kappa shape index (κ1) is 20.6. The molecule has 142 valence electrons. The van der Waals surface area contributed by atoms with Crippen LogP contribution in [0.1, 0.15) is 17.5 Å². The fourth-order valence-electron chi connectivity index (χ4n) is 3.29. The Balaban J connectivity index is 0.00000243. The molecule has 2 aromatic rings. The third-order valence-corrected chi connectivity index (χ3v) is 4.52. The molecule has 0 saturated carbocycles. The highest BCUT2D eigenvalue weighted by Crippen LogP contribution is 2.21. The van der Waals surface area contributed by atoms with Crippen molar-refractivity contribution in [3.63, 3.8) is 0 Å². The van der Waals surface area contributed by atoms with Crippen LogP contribution in [0, 0.1) is 17.6 Å². The van der Waals surface area contributed by atoms with Crippen LogP contribution >= 0.6 is 24.0 Å². The fourth-order valence-corrected chi connectivity index (χ4v) is 3.29. The zero-order valence-electron chi connectivity index (χ0n) is 15.0. The molecule has 0 aliphatic carbocycles. The van der Waals surface area contributed by atoms with Gasteiger partial charge in [0, 0.05) is 45.5 Å². The fraction of sp³-hybridized carbons (Fsp3) is 0.444. The molecule has 1 atom stereocenters. The molecule has 1 saturated heterocycles. The van der Waals surface area contributed by atoms with Crippen molar-refractivity contribution in [3.05, 3.63) is 53.4 Å². The van der Waals surface area contributed by atoms with Gasteiger partial charge in [-0.2, -0.15) is 5.10 Å². The molecule has 1 aliphatic rings. The Kier molecular flexibility index (Phi) is 7.36. The smallest absolute Gasteiger partial charge is 0.193 e. The van der Waals surface area contributed by atoms with Crippen LogP contribution in [-0.2, 0) is 20.0 Å². The molecule has 1 N–H and O–H groups in total. The quantitative estimate of drug-likeness (QED) is 0.421. The second-order valence-corrected chi connectivity index (χ2v) is 6.46. The van der Waals surface area contributed by atoms with E-state index < -0.39 is 11.6 Å². The van der Waals surface area contributed by atoms with E-state index >= 15 is 0 Å². The van der Waals surface area contributed by atoms with Gasteiger partial charge < -0.3 is 10.2 Å². The lowest BCUT2D eigenvalue weighted by atomic mass is 10.0.